The van der Waals surface area contributed by atoms with E-state index < -0.39 is 36.0 Å². The minimum atomic E-state index is -0.898. The number of carbonyl (C=O) groups is 4. The topological polar surface area (TPSA) is 153 Å². The Balaban J connectivity index is 1.64. The summed E-state index contributed by atoms with van der Waals surface area (Å²) in [6, 6.07) is 13.6. The van der Waals surface area contributed by atoms with Gasteiger partial charge in [0.05, 0.1) is 65.5 Å². The molecule has 3 aromatic rings. The summed E-state index contributed by atoms with van der Waals surface area (Å²) in [6.45, 7) is 5.99. The summed E-state index contributed by atoms with van der Waals surface area (Å²) >= 11 is 0. The molecule has 4 atom stereocenters. The lowest BCUT2D eigenvalue weighted by molar-refractivity contribution is -0.153. The van der Waals surface area contributed by atoms with Crippen LogP contribution in [0.1, 0.15) is 67.6 Å². The molecule has 13 heteroatoms. The van der Waals surface area contributed by atoms with E-state index in [0.29, 0.717) is 52.7 Å². The molecule has 1 unspecified atom stereocenters. The number of benzene rings is 3. The standard InChI is InChI=1S/C40H49N3O10/c1-7-52-36(46)23-31-38-37(41-39(47)26-11-16-33(50-5)34(21-26)51-6)29-22-28(53-18-8-17-44)14-15-30(29)43(38)40(48)32(19-24(2)3)42(31)35(45)20-25-9-12-27(49-4)13-10-25/h9-16,21-22,24,31-32,37-38,44H,7-8,17-20,23H2,1-6H3,(H,41,47)/t31?,32-,37-,38+/m0/s1. The summed E-state index contributed by atoms with van der Waals surface area (Å²) in [7, 11) is 4.54. The molecule has 53 heavy (non-hydrogen) atoms. The zero-order valence-corrected chi connectivity index (χ0v) is 31.1. The second-order valence-electron chi connectivity index (χ2n) is 13.4. The van der Waals surface area contributed by atoms with Crippen LogP contribution in [0.25, 0.3) is 0 Å². The van der Waals surface area contributed by atoms with Gasteiger partial charge in [-0.05, 0) is 73.4 Å². The van der Waals surface area contributed by atoms with Crippen LogP contribution in [0.5, 0.6) is 23.0 Å². The van der Waals surface area contributed by atoms with Gasteiger partial charge in [0.2, 0.25) is 11.8 Å². The maximum absolute atomic E-state index is 14.9. The molecule has 0 spiro atoms. The van der Waals surface area contributed by atoms with Crippen LogP contribution in [0.4, 0.5) is 5.69 Å². The Morgan fingerprint density at radius 1 is 0.906 bits per heavy atom. The first-order chi connectivity index (χ1) is 25.5. The number of aliphatic hydroxyl groups excluding tert-OH is 1. The number of anilines is 1. The van der Waals surface area contributed by atoms with Crippen LogP contribution in [0.2, 0.25) is 0 Å². The van der Waals surface area contributed by atoms with Gasteiger partial charge in [0.25, 0.3) is 5.91 Å². The Hall–Kier alpha value is -5.30. The van der Waals surface area contributed by atoms with Crippen molar-refractivity contribution < 1.29 is 48.0 Å². The molecule has 2 aliphatic rings. The minimum absolute atomic E-state index is 0.0185. The summed E-state index contributed by atoms with van der Waals surface area (Å²) in [5.74, 6) is 0.271. The van der Waals surface area contributed by atoms with Crippen molar-refractivity contribution in [3.63, 3.8) is 0 Å². The molecule has 3 amide bonds. The van der Waals surface area contributed by atoms with Crippen molar-refractivity contribution in [1.82, 2.24) is 10.2 Å². The number of piperazine rings is 1. The average molecular weight is 732 g/mol. The van der Waals surface area contributed by atoms with Gasteiger partial charge in [-0.15, -0.1) is 0 Å². The molecule has 3 aromatic carbocycles. The molecule has 2 heterocycles. The van der Waals surface area contributed by atoms with E-state index in [1.807, 2.05) is 13.8 Å². The van der Waals surface area contributed by atoms with Crippen LogP contribution in [-0.2, 0) is 25.5 Å². The van der Waals surface area contributed by atoms with Crippen molar-refractivity contribution in [2.24, 2.45) is 5.92 Å². The van der Waals surface area contributed by atoms with Crippen molar-refractivity contribution in [1.29, 1.82) is 0 Å². The Kier molecular flexibility index (Phi) is 12.8. The van der Waals surface area contributed by atoms with Gasteiger partial charge < -0.3 is 43.9 Å². The van der Waals surface area contributed by atoms with E-state index in [-0.39, 0.29) is 56.0 Å². The number of hydrogen-bond acceptors (Lipinski definition) is 10. The number of amides is 3. The van der Waals surface area contributed by atoms with Crippen molar-refractivity contribution in [3.05, 3.63) is 77.4 Å². The maximum Gasteiger partial charge on any atom is 0.307 e. The zero-order valence-electron chi connectivity index (χ0n) is 31.1. The molecule has 0 bridgehead atoms. The SMILES string of the molecule is CCOC(=O)CC1[C@@H]2[C@@H](NC(=O)c3ccc(OC)c(OC)c3)c3cc(OCCCO)ccc3N2C(=O)[C@H](CC(C)C)N1C(=O)Cc1ccc(OC)cc1. The van der Waals surface area contributed by atoms with Gasteiger partial charge in [-0.1, -0.05) is 26.0 Å². The largest absolute Gasteiger partial charge is 0.497 e. The molecule has 13 nitrogen and oxygen atoms in total. The highest BCUT2D eigenvalue weighted by molar-refractivity contribution is 6.05. The van der Waals surface area contributed by atoms with E-state index in [4.69, 9.17) is 23.7 Å². The lowest BCUT2D eigenvalue weighted by Crippen LogP contribution is -2.69. The number of nitrogens with one attached hydrogen (secondary N) is 1. The first-order valence-corrected chi connectivity index (χ1v) is 17.9. The van der Waals surface area contributed by atoms with Gasteiger partial charge in [0, 0.05) is 29.8 Å². The van der Waals surface area contributed by atoms with Crippen LogP contribution < -0.4 is 29.2 Å². The number of ether oxygens (including phenoxy) is 5. The fourth-order valence-electron chi connectivity index (χ4n) is 7.18. The number of rotatable bonds is 16. The molecular formula is C40H49N3O10. The molecule has 1 saturated heterocycles. The monoisotopic (exact) mass is 731 g/mol. The molecule has 2 N–H and O–H groups in total. The molecular weight excluding hydrogens is 682 g/mol. The molecule has 1 fully saturated rings. The third kappa shape index (κ3) is 8.51. The van der Waals surface area contributed by atoms with E-state index in [1.165, 1.54) is 14.2 Å². The van der Waals surface area contributed by atoms with E-state index in [2.05, 4.69) is 5.32 Å². The number of fused-ring (bicyclic) bond motifs is 3. The number of hydrogen-bond donors (Lipinski definition) is 2. The number of methoxy groups -OCH3 is 3. The van der Waals surface area contributed by atoms with Crippen LogP contribution in [0, 0.1) is 5.92 Å². The normalized spacial score (nSPS) is 19.0. The second kappa shape index (κ2) is 17.5. The first-order valence-electron chi connectivity index (χ1n) is 17.9. The summed E-state index contributed by atoms with van der Waals surface area (Å²) in [5.41, 5.74) is 2.10. The molecule has 2 aliphatic heterocycles. The smallest absolute Gasteiger partial charge is 0.307 e. The third-order valence-electron chi connectivity index (χ3n) is 9.52. The predicted molar refractivity (Wildman–Crippen MR) is 196 cm³/mol. The summed E-state index contributed by atoms with van der Waals surface area (Å²) < 4.78 is 27.5. The van der Waals surface area contributed by atoms with E-state index in [1.54, 1.807) is 84.5 Å². The van der Waals surface area contributed by atoms with E-state index in [9.17, 15) is 24.3 Å². The van der Waals surface area contributed by atoms with Crippen molar-refractivity contribution in [2.45, 2.75) is 70.6 Å². The quantitative estimate of drug-likeness (QED) is 0.159. The van der Waals surface area contributed by atoms with Gasteiger partial charge in [-0.25, -0.2) is 0 Å². The molecule has 0 saturated carbocycles. The van der Waals surface area contributed by atoms with Crippen molar-refractivity contribution in [3.8, 4) is 23.0 Å². The lowest BCUT2D eigenvalue weighted by Gasteiger charge is -2.50. The molecule has 5 rings (SSSR count). The molecule has 0 aromatic heterocycles. The van der Waals surface area contributed by atoms with E-state index >= 15 is 0 Å². The Labute approximate surface area is 310 Å². The number of aliphatic hydroxyl groups is 1. The Morgan fingerprint density at radius 2 is 1.62 bits per heavy atom. The van der Waals surface area contributed by atoms with Crippen LogP contribution in [-0.4, -0.2) is 93.0 Å². The third-order valence-corrected chi connectivity index (χ3v) is 9.52. The highest BCUT2D eigenvalue weighted by atomic mass is 16.5. The van der Waals surface area contributed by atoms with E-state index in [0.717, 1.165) is 0 Å². The molecule has 0 radical (unpaired) electrons. The van der Waals surface area contributed by atoms with Crippen molar-refractivity contribution >= 4 is 29.4 Å². The van der Waals surface area contributed by atoms with Crippen LogP contribution >= 0.6 is 0 Å². The fourth-order valence-corrected chi connectivity index (χ4v) is 7.18. The second-order valence-corrected chi connectivity index (χ2v) is 13.4. The predicted octanol–water partition coefficient (Wildman–Crippen LogP) is 4.48. The average Bonchev–Trinajstić information content (AvgIpc) is 3.46. The maximum atomic E-state index is 14.9. The van der Waals surface area contributed by atoms with Gasteiger partial charge in [-0.3, -0.25) is 19.2 Å². The Morgan fingerprint density at radius 3 is 2.26 bits per heavy atom. The lowest BCUT2D eigenvalue weighted by atomic mass is 9.87. The number of carbonyl (C=O) groups excluding carboxylic acids is 4. The molecule has 0 aliphatic carbocycles. The summed E-state index contributed by atoms with van der Waals surface area (Å²) in [4.78, 5) is 60.2. The Bertz CT molecular complexity index is 1780. The van der Waals surface area contributed by atoms with Crippen LogP contribution in [0.3, 0.4) is 0 Å². The first kappa shape index (κ1) is 38.9. The van der Waals surface area contributed by atoms with Gasteiger partial charge >= 0.3 is 5.97 Å². The summed E-state index contributed by atoms with van der Waals surface area (Å²) in [5, 5.41) is 12.5. The molecule has 284 valence electrons. The highest BCUT2D eigenvalue weighted by Gasteiger charge is 2.57. The van der Waals surface area contributed by atoms with Gasteiger partial charge in [-0.2, -0.15) is 0 Å². The van der Waals surface area contributed by atoms with Crippen molar-refractivity contribution in [2.75, 3.05) is 46.0 Å². The summed E-state index contributed by atoms with van der Waals surface area (Å²) in [6.07, 6.45) is 0.502. The number of nitrogens with zero attached hydrogens (tertiary/aromatic N) is 2. The number of esters is 1. The minimum Gasteiger partial charge on any atom is -0.497 e. The van der Waals surface area contributed by atoms with Gasteiger partial charge in [0.1, 0.15) is 17.5 Å². The van der Waals surface area contributed by atoms with Crippen LogP contribution in [0.15, 0.2) is 60.7 Å². The zero-order chi connectivity index (χ0) is 38.2. The fraction of sp³-hybridized carbons (Fsp3) is 0.450. The van der Waals surface area contributed by atoms with Gasteiger partial charge in [0.15, 0.2) is 11.5 Å². The highest BCUT2D eigenvalue weighted by Crippen LogP contribution is 2.48.